The number of amides is 3. The van der Waals surface area contributed by atoms with Crippen LogP contribution in [-0.4, -0.2) is 78.6 Å². The molecule has 0 radical (unpaired) electrons. The van der Waals surface area contributed by atoms with Gasteiger partial charge in [0, 0.05) is 37.5 Å². The van der Waals surface area contributed by atoms with E-state index in [0.717, 1.165) is 16.8 Å². The van der Waals surface area contributed by atoms with E-state index in [1.807, 2.05) is 77.0 Å². The lowest BCUT2D eigenvalue weighted by molar-refractivity contribution is -0.138. The molecule has 0 spiro atoms. The Hall–Kier alpha value is -3.68. The van der Waals surface area contributed by atoms with Gasteiger partial charge < -0.3 is 20.0 Å². The second-order valence-corrected chi connectivity index (χ2v) is 11.2. The Morgan fingerprint density at radius 3 is 2.18 bits per heavy atom. The van der Waals surface area contributed by atoms with Gasteiger partial charge in [0.2, 0.25) is 5.91 Å². The number of carbonyl (C=O) groups excluding carboxylic acids is 4. The van der Waals surface area contributed by atoms with E-state index in [2.05, 4.69) is 5.32 Å². The van der Waals surface area contributed by atoms with Gasteiger partial charge in [-0.15, -0.1) is 0 Å². The fourth-order valence-electron chi connectivity index (χ4n) is 5.65. The van der Waals surface area contributed by atoms with Gasteiger partial charge in [-0.3, -0.25) is 19.2 Å². The average Bonchev–Trinajstić information content (AvgIpc) is 3.43. The normalized spacial score (nSPS) is 19.5. The molecule has 0 aromatic heterocycles. The molecule has 2 aromatic carbocycles. The van der Waals surface area contributed by atoms with E-state index < -0.39 is 12.1 Å². The van der Waals surface area contributed by atoms with Gasteiger partial charge in [0.25, 0.3) is 11.8 Å². The SMILES string of the molecule is Cc1cc(C)cc(C(=O)N2CC(=O)[C@@H]3[C@H]2CCN3C(=O)[C@H](CC(C)C)NC(=O)c2ccc(N(C)C)cc2)c1. The van der Waals surface area contributed by atoms with Crippen molar-refractivity contribution in [1.82, 2.24) is 15.1 Å². The van der Waals surface area contributed by atoms with E-state index in [0.29, 0.717) is 30.5 Å². The number of rotatable bonds is 7. The van der Waals surface area contributed by atoms with Crippen LogP contribution in [0.2, 0.25) is 0 Å². The predicted molar refractivity (Wildman–Crippen MR) is 147 cm³/mol. The molecular weight excluding hydrogens is 480 g/mol. The van der Waals surface area contributed by atoms with E-state index in [4.69, 9.17) is 0 Å². The van der Waals surface area contributed by atoms with E-state index in [1.54, 1.807) is 21.9 Å². The Labute approximate surface area is 225 Å². The summed E-state index contributed by atoms with van der Waals surface area (Å²) >= 11 is 0. The number of hydrogen-bond acceptors (Lipinski definition) is 5. The van der Waals surface area contributed by atoms with Crippen LogP contribution in [0.25, 0.3) is 0 Å². The van der Waals surface area contributed by atoms with E-state index in [1.165, 1.54) is 0 Å². The average molecular weight is 519 g/mol. The number of nitrogens with zero attached hydrogens (tertiary/aromatic N) is 3. The molecule has 202 valence electrons. The molecule has 3 atom stereocenters. The Balaban J connectivity index is 1.51. The number of likely N-dealkylation sites (tertiary alicyclic amines) is 2. The van der Waals surface area contributed by atoms with Crippen molar-refractivity contribution in [2.45, 2.75) is 58.7 Å². The highest BCUT2D eigenvalue weighted by atomic mass is 16.2. The molecule has 0 saturated carbocycles. The van der Waals surface area contributed by atoms with E-state index in [9.17, 15) is 19.2 Å². The van der Waals surface area contributed by atoms with Gasteiger partial charge in [0.15, 0.2) is 5.78 Å². The first-order chi connectivity index (χ1) is 18.0. The van der Waals surface area contributed by atoms with Crippen molar-refractivity contribution >= 4 is 29.2 Å². The van der Waals surface area contributed by atoms with Gasteiger partial charge >= 0.3 is 0 Å². The summed E-state index contributed by atoms with van der Waals surface area (Å²) in [4.78, 5) is 58.5. The van der Waals surface area contributed by atoms with Crippen molar-refractivity contribution in [3.05, 3.63) is 64.7 Å². The maximum Gasteiger partial charge on any atom is 0.254 e. The van der Waals surface area contributed by atoms with Crippen LogP contribution >= 0.6 is 0 Å². The van der Waals surface area contributed by atoms with Gasteiger partial charge in [0.05, 0.1) is 12.6 Å². The van der Waals surface area contributed by atoms with E-state index in [-0.39, 0.29) is 42.0 Å². The van der Waals surface area contributed by atoms with Crippen LogP contribution in [0.15, 0.2) is 42.5 Å². The molecule has 1 N–H and O–H groups in total. The fraction of sp³-hybridized carbons (Fsp3) is 0.467. The van der Waals surface area contributed by atoms with Gasteiger partial charge in [-0.2, -0.15) is 0 Å². The molecule has 4 rings (SSSR count). The predicted octanol–water partition coefficient (Wildman–Crippen LogP) is 3.21. The molecule has 38 heavy (non-hydrogen) atoms. The van der Waals surface area contributed by atoms with Crippen LogP contribution < -0.4 is 10.2 Å². The third kappa shape index (κ3) is 5.59. The van der Waals surface area contributed by atoms with Crippen molar-refractivity contribution in [2.24, 2.45) is 5.92 Å². The maximum absolute atomic E-state index is 13.8. The van der Waals surface area contributed by atoms with Crippen molar-refractivity contribution < 1.29 is 19.2 Å². The molecule has 0 bridgehead atoms. The molecule has 2 aliphatic heterocycles. The topological polar surface area (TPSA) is 90.0 Å². The molecule has 3 amide bonds. The molecule has 2 aliphatic rings. The highest BCUT2D eigenvalue weighted by Crippen LogP contribution is 2.32. The summed E-state index contributed by atoms with van der Waals surface area (Å²) in [6.07, 6.45) is 0.987. The van der Waals surface area contributed by atoms with Crippen LogP contribution in [0.5, 0.6) is 0 Å². The number of Topliss-reactive ketones (excluding diaryl/α,β-unsaturated/α-hetero) is 1. The Morgan fingerprint density at radius 1 is 0.974 bits per heavy atom. The summed E-state index contributed by atoms with van der Waals surface area (Å²) in [6, 6.07) is 11.1. The molecule has 2 fully saturated rings. The van der Waals surface area contributed by atoms with E-state index >= 15 is 0 Å². The number of carbonyl (C=O) groups is 4. The monoisotopic (exact) mass is 518 g/mol. The highest BCUT2D eigenvalue weighted by molar-refractivity contribution is 6.03. The number of hydrogen-bond donors (Lipinski definition) is 1. The lowest BCUT2D eigenvalue weighted by atomic mass is 10.0. The maximum atomic E-state index is 13.8. The third-order valence-corrected chi connectivity index (χ3v) is 7.39. The van der Waals surface area contributed by atoms with Gasteiger partial charge in [-0.05, 0) is 69.0 Å². The summed E-state index contributed by atoms with van der Waals surface area (Å²) in [5, 5.41) is 2.92. The molecule has 8 nitrogen and oxygen atoms in total. The number of ketones is 1. The summed E-state index contributed by atoms with van der Waals surface area (Å²) in [7, 11) is 3.85. The number of benzene rings is 2. The number of aryl methyl sites for hydroxylation is 2. The molecule has 0 aliphatic carbocycles. The van der Waals surface area contributed by atoms with Crippen molar-refractivity contribution in [3.8, 4) is 0 Å². The first-order valence-electron chi connectivity index (χ1n) is 13.3. The van der Waals surface area contributed by atoms with Crippen molar-refractivity contribution in [1.29, 1.82) is 0 Å². The molecule has 2 aromatic rings. The Kier molecular flexibility index (Phi) is 7.90. The third-order valence-electron chi connectivity index (χ3n) is 7.39. The Bertz CT molecular complexity index is 1220. The quantitative estimate of drug-likeness (QED) is 0.608. The molecule has 2 saturated heterocycles. The summed E-state index contributed by atoms with van der Waals surface area (Å²) in [5.74, 6) is -0.749. The van der Waals surface area contributed by atoms with Crippen LogP contribution in [0.3, 0.4) is 0 Å². The lowest BCUT2D eigenvalue weighted by Crippen LogP contribution is -2.53. The van der Waals surface area contributed by atoms with Crippen LogP contribution in [0, 0.1) is 19.8 Å². The molecular formula is C30H38N4O4. The van der Waals surface area contributed by atoms with Gasteiger partial charge in [-0.1, -0.05) is 31.0 Å². The molecule has 8 heteroatoms. The van der Waals surface area contributed by atoms with Gasteiger partial charge in [-0.25, -0.2) is 0 Å². The number of anilines is 1. The molecule has 0 unspecified atom stereocenters. The second kappa shape index (κ2) is 11.0. The summed E-state index contributed by atoms with van der Waals surface area (Å²) in [6.45, 7) is 8.24. The van der Waals surface area contributed by atoms with Crippen molar-refractivity contribution in [2.75, 3.05) is 32.1 Å². The number of fused-ring (bicyclic) bond motifs is 1. The van der Waals surface area contributed by atoms with Gasteiger partial charge in [0.1, 0.15) is 12.1 Å². The Morgan fingerprint density at radius 2 is 1.61 bits per heavy atom. The summed E-state index contributed by atoms with van der Waals surface area (Å²) < 4.78 is 0. The van der Waals surface area contributed by atoms with Crippen LogP contribution in [-0.2, 0) is 9.59 Å². The zero-order valence-electron chi connectivity index (χ0n) is 23.2. The zero-order chi connectivity index (χ0) is 27.7. The smallest absolute Gasteiger partial charge is 0.254 e. The zero-order valence-corrected chi connectivity index (χ0v) is 23.2. The van der Waals surface area contributed by atoms with Crippen LogP contribution in [0.1, 0.15) is 58.5 Å². The minimum absolute atomic E-state index is 0.00956. The fourth-order valence-corrected chi connectivity index (χ4v) is 5.65. The largest absolute Gasteiger partial charge is 0.378 e. The molecule has 2 heterocycles. The standard InChI is InChI=1S/C30H38N4O4/c1-18(2)13-24(31-28(36)21-7-9-23(10-8-21)32(5)6)30(38)33-12-11-25-27(33)26(35)17-34(25)29(37)22-15-19(3)14-20(4)16-22/h7-10,14-16,18,24-25,27H,11-13,17H2,1-6H3,(H,31,36)/t24-,25+,27-/m0/s1. The van der Waals surface area contributed by atoms with Crippen LogP contribution in [0.4, 0.5) is 5.69 Å². The summed E-state index contributed by atoms with van der Waals surface area (Å²) in [5.41, 5.74) is 3.98. The number of nitrogens with one attached hydrogen (secondary N) is 1. The van der Waals surface area contributed by atoms with Crippen molar-refractivity contribution in [3.63, 3.8) is 0 Å². The first kappa shape index (κ1) is 27.4. The first-order valence-corrected chi connectivity index (χ1v) is 13.3. The minimum Gasteiger partial charge on any atom is -0.378 e. The second-order valence-electron chi connectivity index (χ2n) is 11.2. The minimum atomic E-state index is -0.758. The highest BCUT2D eigenvalue weighted by Gasteiger charge is 2.52. The lowest BCUT2D eigenvalue weighted by Gasteiger charge is -2.29.